The van der Waals surface area contributed by atoms with Crippen LogP contribution in [0, 0.1) is 0 Å². The van der Waals surface area contributed by atoms with Gasteiger partial charge in [-0.1, -0.05) is 23.2 Å². The molecule has 0 unspecified atom stereocenters. The first-order valence-electron chi connectivity index (χ1n) is 5.50. The first-order valence-corrected chi connectivity index (χ1v) is 7.74. The van der Waals surface area contributed by atoms with Gasteiger partial charge in [-0.05, 0) is 26.0 Å². The number of ether oxygens (including phenoxy) is 1. The van der Waals surface area contributed by atoms with Crippen LogP contribution in [0.5, 0.6) is 5.75 Å². The van der Waals surface area contributed by atoms with Crippen molar-refractivity contribution in [3.05, 3.63) is 22.2 Å². The second-order valence-corrected chi connectivity index (χ2v) is 6.68. The number of rotatable bonds is 5. The normalized spacial score (nSPS) is 11.7. The highest BCUT2D eigenvalue weighted by Crippen LogP contribution is 2.33. The van der Waals surface area contributed by atoms with Gasteiger partial charge in [0, 0.05) is 5.02 Å². The zero-order chi connectivity index (χ0) is 15.5. The molecule has 0 bridgehead atoms. The van der Waals surface area contributed by atoms with Crippen molar-refractivity contribution in [1.29, 1.82) is 0 Å². The Labute approximate surface area is 126 Å². The minimum absolute atomic E-state index is 0.0398. The fourth-order valence-electron chi connectivity index (χ4n) is 1.28. The summed E-state index contributed by atoms with van der Waals surface area (Å²) in [7, 11) is -4.14. The summed E-state index contributed by atoms with van der Waals surface area (Å²) in [4.78, 5) is 10.8. The Kier molecular flexibility index (Phi) is 5.64. The third kappa shape index (κ3) is 4.52. The smallest absolute Gasteiger partial charge is 0.321 e. The Bertz CT molecular complexity index is 615. The van der Waals surface area contributed by atoms with Crippen LogP contribution in [0.4, 0.5) is 0 Å². The Morgan fingerprint density at radius 1 is 1.40 bits per heavy atom. The fourth-order valence-corrected chi connectivity index (χ4v) is 3.01. The number of hydrogen-bond donors (Lipinski definition) is 2. The van der Waals surface area contributed by atoms with Crippen LogP contribution in [-0.2, 0) is 19.6 Å². The molecule has 20 heavy (non-hydrogen) atoms. The van der Waals surface area contributed by atoms with Crippen molar-refractivity contribution in [2.75, 3.05) is 6.54 Å². The zero-order valence-corrected chi connectivity index (χ0v) is 13.0. The van der Waals surface area contributed by atoms with E-state index in [1.807, 2.05) is 4.72 Å². The molecule has 112 valence electrons. The number of benzene rings is 1. The van der Waals surface area contributed by atoms with Crippen molar-refractivity contribution >= 4 is 39.2 Å². The van der Waals surface area contributed by atoms with E-state index >= 15 is 0 Å². The molecule has 0 heterocycles. The van der Waals surface area contributed by atoms with E-state index in [1.165, 1.54) is 6.07 Å². The van der Waals surface area contributed by atoms with Crippen LogP contribution in [0.1, 0.15) is 13.8 Å². The summed E-state index contributed by atoms with van der Waals surface area (Å²) in [6, 6.07) is 2.23. The Morgan fingerprint density at radius 3 is 2.55 bits per heavy atom. The number of halogens is 2. The van der Waals surface area contributed by atoms with Crippen molar-refractivity contribution in [1.82, 2.24) is 4.72 Å². The van der Waals surface area contributed by atoms with Gasteiger partial charge in [-0.2, -0.15) is 4.72 Å². The second-order valence-electron chi connectivity index (χ2n) is 4.10. The van der Waals surface area contributed by atoms with Gasteiger partial charge in [-0.3, -0.25) is 4.79 Å². The van der Waals surface area contributed by atoms with Crippen LogP contribution in [0.15, 0.2) is 17.0 Å². The third-order valence-corrected chi connectivity index (χ3v) is 3.98. The lowest BCUT2D eigenvalue weighted by molar-refractivity contribution is -0.145. The van der Waals surface area contributed by atoms with Crippen LogP contribution in [0.3, 0.4) is 0 Å². The van der Waals surface area contributed by atoms with E-state index in [0.29, 0.717) is 0 Å². The minimum atomic E-state index is -4.14. The average Bonchev–Trinajstić information content (AvgIpc) is 2.30. The van der Waals surface area contributed by atoms with E-state index in [0.717, 1.165) is 6.07 Å². The quantitative estimate of drug-likeness (QED) is 0.798. The lowest BCUT2D eigenvalue weighted by Gasteiger charge is -2.11. The average molecular weight is 342 g/mol. The summed E-state index contributed by atoms with van der Waals surface area (Å²) in [6.45, 7) is 2.70. The molecule has 0 saturated carbocycles. The molecular formula is C11H13Cl2NO5S. The molecule has 0 amide bonds. The minimum Gasteiger partial charge on any atom is -0.505 e. The molecule has 2 N–H and O–H groups in total. The van der Waals surface area contributed by atoms with Crippen molar-refractivity contribution in [2.45, 2.75) is 24.8 Å². The molecule has 1 aromatic carbocycles. The van der Waals surface area contributed by atoms with Gasteiger partial charge in [0.2, 0.25) is 10.0 Å². The van der Waals surface area contributed by atoms with E-state index in [9.17, 15) is 18.3 Å². The van der Waals surface area contributed by atoms with Gasteiger partial charge >= 0.3 is 5.97 Å². The Hall–Kier alpha value is -1.02. The number of hydrogen-bond acceptors (Lipinski definition) is 5. The molecule has 1 rings (SSSR count). The molecule has 0 fully saturated rings. The number of phenolic OH excluding ortho intramolecular Hbond substituents is 1. The molecular weight excluding hydrogens is 329 g/mol. The molecule has 6 nitrogen and oxygen atoms in total. The maximum absolute atomic E-state index is 12.0. The maximum atomic E-state index is 12.0. The van der Waals surface area contributed by atoms with E-state index in [-0.39, 0.29) is 16.1 Å². The number of sulfonamides is 1. The monoisotopic (exact) mass is 341 g/mol. The van der Waals surface area contributed by atoms with Crippen molar-refractivity contribution in [3.63, 3.8) is 0 Å². The molecule has 0 aliphatic carbocycles. The summed E-state index contributed by atoms with van der Waals surface area (Å²) in [5.74, 6) is -1.38. The van der Waals surface area contributed by atoms with Crippen LogP contribution in [0.25, 0.3) is 0 Å². The summed E-state index contributed by atoms with van der Waals surface area (Å²) in [5, 5.41) is 9.48. The van der Waals surface area contributed by atoms with Gasteiger partial charge in [0.05, 0.1) is 11.1 Å². The van der Waals surface area contributed by atoms with Crippen molar-refractivity contribution in [3.8, 4) is 5.75 Å². The van der Waals surface area contributed by atoms with Gasteiger partial charge in [0.1, 0.15) is 11.4 Å². The highest BCUT2D eigenvalue weighted by atomic mass is 35.5. The topological polar surface area (TPSA) is 92.7 Å². The van der Waals surface area contributed by atoms with E-state index < -0.39 is 33.2 Å². The van der Waals surface area contributed by atoms with Crippen molar-refractivity contribution < 1.29 is 23.1 Å². The first-order chi connectivity index (χ1) is 9.13. The van der Waals surface area contributed by atoms with Gasteiger partial charge in [-0.25, -0.2) is 8.42 Å². The largest absolute Gasteiger partial charge is 0.505 e. The molecule has 0 aliphatic rings. The second kappa shape index (κ2) is 6.62. The van der Waals surface area contributed by atoms with E-state index in [1.54, 1.807) is 13.8 Å². The number of phenols is 1. The molecule has 0 aromatic heterocycles. The van der Waals surface area contributed by atoms with Gasteiger partial charge in [0.15, 0.2) is 5.75 Å². The van der Waals surface area contributed by atoms with Gasteiger partial charge in [0.25, 0.3) is 0 Å². The number of carbonyl (C=O) groups excluding carboxylic acids is 1. The summed E-state index contributed by atoms with van der Waals surface area (Å²) in [6.07, 6.45) is -0.360. The summed E-state index contributed by atoms with van der Waals surface area (Å²) < 4.78 is 30.7. The molecule has 9 heteroatoms. The molecule has 0 saturated heterocycles. The zero-order valence-electron chi connectivity index (χ0n) is 10.7. The van der Waals surface area contributed by atoms with Crippen LogP contribution < -0.4 is 4.72 Å². The Balaban J connectivity index is 2.93. The van der Waals surface area contributed by atoms with Crippen LogP contribution in [-0.4, -0.2) is 32.1 Å². The van der Waals surface area contributed by atoms with E-state index in [2.05, 4.69) is 0 Å². The van der Waals surface area contributed by atoms with Crippen LogP contribution >= 0.6 is 23.2 Å². The molecule has 1 aromatic rings. The number of esters is 1. The Morgan fingerprint density at radius 2 is 2.00 bits per heavy atom. The fraction of sp³-hybridized carbons (Fsp3) is 0.364. The van der Waals surface area contributed by atoms with Gasteiger partial charge in [-0.15, -0.1) is 0 Å². The lowest BCUT2D eigenvalue weighted by atomic mass is 10.3. The SMILES string of the molecule is CC(C)OC(=O)CNS(=O)(=O)c1cc(Cl)cc(Cl)c1O. The van der Waals surface area contributed by atoms with Crippen molar-refractivity contribution in [2.24, 2.45) is 0 Å². The van der Waals surface area contributed by atoms with Gasteiger partial charge < -0.3 is 9.84 Å². The highest BCUT2D eigenvalue weighted by molar-refractivity contribution is 7.89. The van der Waals surface area contributed by atoms with Crippen LogP contribution in [0.2, 0.25) is 10.0 Å². The highest BCUT2D eigenvalue weighted by Gasteiger charge is 2.22. The third-order valence-electron chi connectivity index (χ3n) is 2.06. The number of carbonyl (C=O) groups is 1. The predicted molar refractivity (Wildman–Crippen MR) is 74.5 cm³/mol. The standard InChI is InChI=1S/C11H13Cl2NO5S/c1-6(2)19-10(15)5-14-20(17,18)9-4-7(12)3-8(13)11(9)16/h3-4,6,14,16H,5H2,1-2H3. The molecule has 0 spiro atoms. The number of aromatic hydroxyl groups is 1. The molecule has 0 radical (unpaired) electrons. The predicted octanol–water partition coefficient (Wildman–Crippen LogP) is 1.93. The molecule has 0 atom stereocenters. The lowest BCUT2D eigenvalue weighted by Crippen LogP contribution is -2.31. The maximum Gasteiger partial charge on any atom is 0.321 e. The number of nitrogens with one attached hydrogen (secondary N) is 1. The summed E-state index contributed by atoms with van der Waals surface area (Å²) in [5.41, 5.74) is 0. The first kappa shape index (κ1) is 17.0. The summed E-state index contributed by atoms with van der Waals surface area (Å²) >= 11 is 11.3. The molecule has 0 aliphatic heterocycles. The van der Waals surface area contributed by atoms with E-state index in [4.69, 9.17) is 27.9 Å².